The van der Waals surface area contributed by atoms with Gasteiger partial charge >= 0.3 is 0 Å². The van der Waals surface area contributed by atoms with Crippen LogP contribution in [-0.2, 0) is 4.79 Å². The van der Waals surface area contributed by atoms with Crippen molar-refractivity contribution in [3.63, 3.8) is 0 Å². The van der Waals surface area contributed by atoms with Crippen molar-refractivity contribution >= 4 is 11.6 Å². The topological polar surface area (TPSA) is 59.7 Å². The molecule has 4 aromatic rings. The highest BCUT2D eigenvalue weighted by Crippen LogP contribution is 2.41. The summed E-state index contributed by atoms with van der Waals surface area (Å²) < 4.78 is 8.21. The van der Waals surface area contributed by atoms with Crippen molar-refractivity contribution in [3.8, 4) is 17.3 Å². The summed E-state index contributed by atoms with van der Waals surface area (Å²) in [4.78, 5) is 12.6. The van der Waals surface area contributed by atoms with Crippen LogP contribution in [0.15, 0.2) is 96.1 Å². The Balaban J connectivity index is 1.63. The molecule has 1 amide bonds. The van der Waals surface area contributed by atoms with E-state index < -0.39 is 0 Å². The van der Waals surface area contributed by atoms with Gasteiger partial charge in [-0.05, 0) is 36.8 Å². The zero-order valence-electron chi connectivity index (χ0n) is 18.6. The van der Waals surface area contributed by atoms with E-state index >= 15 is 0 Å². The molecule has 2 heterocycles. The first-order valence-corrected chi connectivity index (χ1v) is 10.9. The molecule has 0 N–H and O–H groups in total. The van der Waals surface area contributed by atoms with Gasteiger partial charge in [-0.3, -0.25) is 4.79 Å². The number of aromatic nitrogens is 2. The predicted molar refractivity (Wildman–Crippen MR) is 128 cm³/mol. The van der Waals surface area contributed by atoms with Crippen LogP contribution in [0, 0.1) is 6.92 Å². The Hall–Kier alpha value is -4.19. The number of amides is 1. The van der Waals surface area contributed by atoms with Crippen LogP contribution >= 0.6 is 0 Å². The van der Waals surface area contributed by atoms with E-state index in [2.05, 4.69) is 0 Å². The molecule has 1 aliphatic rings. The highest BCUT2D eigenvalue weighted by Gasteiger charge is 2.37. The number of ether oxygens (including phenoxy) is 1. The van der Waals surface area contributed by atoms with Crippen LogP contribution in [0.1, 0.15) is 36.2 Å². The third kappa shape index (κ3) is 4.03. The second kappa shape index (κ2) is 8.74. The van der Waals surface area contributed by atoms with Crippen LogP contribution in [0.2, 0.25) is 0 Å². The second-order valence-corrected chi connectivity index (χ2v) is 7.96. The van der Waals surface area contributed by atoms with Crippen molar-refractivity contribution in [2.24, 2.45) is 5.10 Å². The minimum atomic E-state index is -0.311. The van der Waals surface area contributed by atoms with Gasteiger partial charge in [0.15, 0.2) is 0 Å². The van der Waals surface area contributed by atoms with Gasteiger partial charge in [0, 0.05) is 13.3 Å². The van der Waals surface area contributed by atoms with Gasteiger partial charge in [0.25, 0.3) is 0 Å². The lowest BCUT2D eigenvalue weighted by Crippen LogP contribution is -2.25. The number of hydrogen-bond acceptors (Lipinski definition) is 4. The van der Waals surface area contributed by atoms with E-state index in [4.69, 9.17) is 14.9 Å². The van der Waals surface area contributed by atoms with E-state index in [1.807, 2.05) is 97.9 Å². The molecular weight excluding hydrogens is 412 g/mol. The van der Waals surface area contributed by atoms with Crippen molar-refractivity contribution in [3.05, 3.63) is 108 Å². The number of para-hydroxylation sites is 2. The predicted octanol–water partition coefficient (Wildman–Crippen LogP) is 5.67. The molecule has 1 aliphatic heterocycles. The SMILES string of the molecule is CC(=O)N1N=C(c2ccccc2)CC1c1c(C)nn(-c2ccccc2)c1Oc1ccccc1. The Kier molecular flexibility index (Phi) is 5.48. The van der Waals surface area contributed by atoms with Gasteiger partial charge in [0.05, 0.1) is 28.7 Å². The van der Waals surface area contributed by atoms with Gasteiger partial charge in [0.2, 0.25) is 11.8 Å². The summed E-state index contributed by atoms with van der Waals surface area (Å²) in [5.41, 5.74) is 4.41. The minimum Gasteiger partial charge on any atom is -0.439 e. The van der Waals surface area contributed by atoms with Crippen molar-refractivity contribution in [2.75, 3.05) is 0 Å². The summed E-state index contributed by atoms with van der Waals surface area (Å²) >= 11 is 0. The largest absolute Gasteiger partial charge is 0.439 e. The molecule has 0 bridgehead atoms. The molecule has 0 spiro atoms. The molecule has 164 valence electrons. The number of aryl methyl sites for hydroxylation is 1. The maximum absolute atomic E-state index is 12.6. The molecule has 0 fully saturated rings. The lowest BCUT2D eigenvalue weighted by molar-refractivity contribution is -0.130. The Bertz CT molecular complexity index is 1300. The van der Waals surface area contributed by atoms with Crippen LogP contribution in [0.25, 0.3) is 5.69 Å². The Morgan fingerprint density at radius 2 is 1.52 bits per heavy atom. The number of hydrazone groups is 1. The smallest absolute Gasteiger partial charge is 0.240 e. The molecule has 6 nitrogen and oxygen atoms in total. The average Bonchev–Trinajstić information content (AvgIpc) is 3.42. The molecule has 0 aliphatic carbocycles. The minimum absolute atomic E-state index is 0.122. The Morgan fingerprint density at radius 3 is 2.15 bits per heavy atom. The highest BCUT2D eigenvalue weighted by atomic mass is 16.5. The normalized spacial score (nSPS) is 15.4. The molecule has 0 saturated heterocycles. The summed E-state index contributed by atoms with van der Waals surface area (Å²) in [6.45, 7) is 3.49. The molecule has 6 heteroatoms. The van der Waals surface area contributed by atoms with Crippen LogP contribution < -0.4 is 4.74 Å². The number of hydrogen-bond donors (Lipinski definition) is 0. The van der Waals surface area contributed by atoms with E-state index in [0.717, 1.165) is 28.2 Å². The molecule has 1 aromatic heterocycles. The first kappa shape index (κ1) is 20.7. The third-order valence-corrected chi connectivity index (χ3v) is 5.69. The molecule has 1 atom stereocenters. The summed E-state index contributed by atoms with van der Waals surface area (Å²) in [5, 5.41) is 11.1. The van der Waals surface area contributed by atoms with E-state index in [1.165, 1.54) is 0 Å². The van der Waals surface area contributed by atoms with E-state index in [9.17, 15) is 4.79 Å². The van der Waals surface area contributed by atoms with Crippen molar-refractivity contribution < 1.29 is 9.53 Å². The van der Waals surface area contributed by atoms with Crippen LogP contribution in [0.3, 0.4) is 0 Å². The fourth-order valence-electron chi connectivity index (χ4n) is 4.17. The fraction of sp³-hybridized carbons (Fsp3) is 0.148. The standard InChI is InChI=1S/C27H24N4O2/c1-19-26(25-18-24(29-30(25)20(2)32)21-12-6-3-7-13-21)27(33-23-16-10-5-11-17-23)31(28-19)22-14-8-4-9-15-22/h3-17,25H,18H2,1-2H3. The number of carbonyl (C=O) groups is 1. The van der Waals surface area contributed by atoms with E-state index in [0.29, 0.717) is 18.1 Å². The number of carbonyl (C=O) groups excluding carboxylic acids is 1. The lowest BCUT2D eigenvalue weighted by atomic mass is 9.98. The molecule has 5 rings (SSSR count). The first-order chi connectivity index (χ1) is 16.1. The van der Waals surface area contributed by atoms with Gasteiger partial charge in [0.1, 0.15) is 5.75 Å². The average molecular weight is 437 g/mol. The monoisotopic (exact) mass is 436 g/mol. The molecule has 33 heavy (non-hydrogen) atoms. The number of benzene rings is 3. The molecule has 0 saturated carbocycles. The van der Waals surface area contributed by atoms with Crippen molar-refractivity contribution in [1.29, 1.82) is 0 Å². The van der Waals surface area contributed by atoms with E-state index in [-0.39, 0.29) is 11.9 Å². The molecular formula is C27H24N4O2. The van der Waals surface area contributed by atoms with Gasteiger partial charge < -0.3 is 4.74 Å². The second-order valence-electron chi connectivity index (χ2n) is 7.96. The highest BCUT2D eigenvalue weighted by molar-refractivity contribution is 6.03. The zero-order valence-corrected chi connectivity index (χ0v) is 18.6. The van der Waals surface area contributed by atoms with Gasteiger partial charge in [-0.2, -0.15) is 10.2 Å². The molecule has 3 aromatic carbocycles. The maximum Gasteiger partial charge on any atom is 0.240 e. The van der Waals surface area contributed by atoms with E-state index in [1.54, 1.807) is 16.6 Å². The van der Waals surface area contributed by atoms with Gasteiger partial charge in [-0.25, -0.2) is 9.69 Å². The Labute approximate surface area is 192 Å². The Morgan fingerprint density at radius 1 is 0.909 bits per heavy atom. The number of nitrogens with zero attached hydrogens (tertiary/aromatic N) is 4. The van der Waals surface area contributed by atoms with Crippen molar-refractivity contribution in [1.82, 2.24) is 14.8 Å². The summed E-state index contributed by atoms with van der Waals surface area (Å²) in [6, 6.07) is 29.1. The maximum atomic E-state index is 12.6. The van der Waals surface area contributed by atoms with Gasteiger partial charge in [-0.15, -0.1) is 0 Å². The number of rotatable bonds is 5. The first-order valence-electron chi connectivity index (χ1n) is 10.9. The third-order valence-electron chi connectivity index (χ3n) is 5.69. The lowest BCUT2D eigenvalue weighted by Gasteiger charge is -2.21. The summed E-state index contributed by atoms with van der Waals surface area (Å²) in [7, 11) is 0. The zero-order chi connectivity index (χ0) is 22.8. The summed E-state index contributed by atoms with van der Waals surface area (Å²) in [5.74, 6) is 1.17. The quantitative estimate of drug-likeness (QED) is 0.405. The van der Waals surface area contributed by atoms with Crippen LogP contribution in [-0.4, -0.2) is 26.4 Å². The molecule has 1 unspecified atom stereocenters. The van der Waals surface area contributed by atoms with Crippen LogP contribution in [0.4, 0.5) is 0 Å². The van der Waals surface area contributed by atoms with Crippen molar-refractivity contribution in [2.45, 2.75) is 26.3 Å². The van der Waals surface area contributed by atoms with Crippen LogP contribution in [0.5, 0.6) is 11.6 Å². The molecule has 0 radical (unpaired) electrons. The fourth-order valence-corrected chi connectivity index (χ4v) is 4.17. The summed E-state index contributed by atoms with van der Waals surface area (Å²) in [6.07, 6.45) is 0.579. The van der Waals surface area contributed by atoms with Gasteiger partial charge in [-0.1, -0.05) is 66.7 Å².